The van der Waals surface area contributed by atoms with Crippen molar-refractivity contribution in [3.05, 3.63) is 35.4 Å². The largest absolute Gasteiger partial charge is 0.393 e. The molecular formula is C16H26N2O. The second-order valence-corrected chi connectivity index (χ2v) is 5.59. The molecular weight excluding hydrogens is 236 g/mol. The third kappa shape index (κ3) is 5.31. The molecule has 2 rings (SSSR count). The summed E-state index contributed by atoms with van der Waals surface area (Å²) in [7, 11) is 0. The summed E-state index contributed by atoms with van der Waals surface area (Å²) in [5.41, 5.74) is 2.67. The Labute approximate surface area is 116 Å². The van der Waals surface area contributed by atoms with Crippen LogP contribution in [0.5, 0.6) is 0 Å². The monoisotopic (exact) mass is 262 g/mol. The summed E-state index contributed by atoms with van der Waals surface area (Å²) in [5, 5.41) is 12.9. The van der Waals surface area contributed by atoms with Gasteiger partial charge in [-0.25, -0.2) is 0 Å². The van der Waals surface area contributed by atoms with Crippen molar-refractivity contribution in [2.75, 3.05) is 26.2 Å². The molecule has 1 aliphatic rings. The molecule has 0 radical (unpaired) electrons. The van der Waals surface area contributed by atoms with Crippen LogP contribution < -0.4 is 5.32 Å². The van der Waals surface area contributed by atoms with Gasteiger partial charge < -0.3 is 15.3 Å². The van der Waals surface area contributed by atoms with Gasteiger partial charge in [0, 0.05) is 19.6 Å². The lowest BCUT2D eigenvalue weighted by atomic mass is 10.1. The van der Waals surface area contributed by atoms with Crippen LogP contribution in [-0.4, -0.2) is 42.3 Å². The summed E-state index contributed by atoms with van der Waals surface area (Å²) in [6.45, 7) is 7.39. The van der Waals surface area contributed by atoms with E-state index in [-0.39, 0.29) is 6.10 Å². The highest BCUT2D eigenvalue weighted by Gasteiger charge is 2.15. The molecule has 1 heterocycles. The Bertz CT molecular complexity index is 356. The first-order valence-corrected chi connectivity index (χ1v) is 7.41. The van der Waals surface area contributed by atoms with Crippen molar-refractivity contribution in [2.24, 2.45) is 0 Å². The first-order valence-electron chi connectivity index (χ1n) is 7.41. The number of aliphatic hydroxyl groups is 1. The molecule has 0 unspecified atom stereocenters. The van der Waals surface area contributed by atoms with Crippen LogP contribution in [0, 0.1) is 6.92 Å². The number of aliphatic hydroxyl groups excluding tert-OH is 1. The van der Waals surface area contributed by atoms with E-state index in [2.05, 4.69) is 41.4 Å². The molecule has 1 fully saturated rings. The number of nitrogens with one attached hydrogen (secondary N) is 1. The van der Waals surface area contributed by atoms with Crippen molar-refractivity contribution < 1.29 is 5.11 Å². The van der Waals surface area contributed by atoms with Gasteiger partial charge in [-0.1, -0.05) is 29.8 Å². The molecule has 1 aromatic carbocycles. The maximum atomic E-state index is 9.44. The molecule has 0 bridgehead atoms. The maximum Gasteiger partial charge on any atom is 0.0564 e. The van der Waals surface area contributed by atoms with Crippen LogP contribution in [0.4, 0.5) is 0 Å². The number of nitrogens with zero attached hydrogens (tertiary/aromatic N) is 1. The van der Waals surface area contributed by atoms with Crippen molar-refractivity contribution in [1.29, 1.82) is 0 Å². The van der Waals surface area contributed by atoms with Crippen LogP contribution in [0.25, 0.3) is 0 Å². The topological polar surface area (TPSA) is 35.5 Å². The number of piperidine rings is 1. The third-order valence-electron chi connectivity index (χ3n) is 3.83. The Hall–Kier alpha value is -0.900. The van der Waals surface area contributed by atoms with Crippen LogP contribution in [0.3, 0.4) is 0 Å². The quantitative estimate of drug-likeness (QED) is 0.769. The summed E-state index contributed by atoms with van der Waals surface area (Å²) >= 11 is 0. The normalized spacial score (nSPS) is 17.8. The number of hydrogen-bond donors (Lipinski definition) is 2. The number of likely N-dealkylation sites (tertiary alicyclic amines) is 1. The summed E-state index contributed by atoms with van der Waals surface area (Å²) in [5.74, 6) is 0. The zero-order valence-electron chi connectivity index (χ0n) is 11.9. The molecule has 0 aromatic heterocycles. The van der Waals surface area contributed by atoms with Gasteiger partial charge in [0.25, 0.3) is 0 Å². The Morgan fingerprint density at radius 1 is 1.21 bits per heavy atom. The SMILES string of the molecule is Cc1ccc(CNCCCN2CCC(O)CC2)cc1. The Morgan fingerprint density at radius 3 is 2.58 bits per heavy atom. The molecule has 3 heteroatoms. The first kappa shape index (κ1) is 14.5. The average molecular weight is 262 g/mol. The van der Waals surface area contributed by atoms with Crippen molar-refractivity contribution in [2.45, 2.75) is 38.8 Å². The molecule has 0 saturated carbocycles. The van der Waals surface area contributed by atoms with Crippen LogP contribution in [-0.2, 0) is 6.54 Å². The molecule has 19 heavy (non-hydrogen) atoms. The molecule has 0 aliphatic carbocycles. The summed E-state index contributed by atoms with van der Waals surface area (Å²) < 4.78 is 0. The molecule has 106 valence electrons. The van der Waals surface area contributed by atoms with Crippen molar-refractivity contribution in [3.63, 3.8) is 0 Å². The lowest BCUT2D eigenvalue weighted by molar-refractivity contribution is 0.0821. The highest BCUT2D eigenvalue weighted by atomic mass is 16.3. The van der Waals surface area contributed by atoms with E-state index < -0.39 is 0 Å². The molecule has 1 aliphatic heterocycles. The van der Waals surface area contributed by atoms with Crippen molar-refractivity contribution >= 4 is 0 Å². The van der Waals surface area contributed by atoms with E-state index in [1.807, 2.05) is 0 Å². The van der Waals surface area contributed by atoms with Crippen LogP contribution in [0.15, 0.2) is 24.3 Å². The highest BCUT2D eigenvalue weighted by molar-refractivity contribution is 5.20. The molecule has 0 atom stereocenters. The Balaban J connectivity index is 1.53. The van der Waals surface area contributed by atoms with Crippen LogP contribution in [0.2, 0.25) is 0 Å². The number of rotatable bonds is 6. The molecule has 0 amide bonds. The minimum Gasteiger partial charge on any atom is -0.393 e. The fourth-order valence-corrected chi connectivity index (χ4v) is 2.51. The predicted molar refractivity (Wildman–Crippen MR) is 79.2 cm³/mol. The smallest absolute Gasteiger partial charge is 0.0564 e. The molecule has 3 nitrogen and oxygen atoms in total. The van der Waals surface area contributed by atoms with E-state index in [9.17, 15) is 5.11 Å². The van der Waals surface area contributed by atoms with Gasteiger partial charge in [-0.05, 0) is 44.8 Å². The predicted octanol–water partition coefficient (Wildman–Crippen LogP) is 1.93. The molecule has 1 aromatic rings. The van der Waals surface area contributed by atoms with Gasteiger partial charge in [0.05, 0.1) is 6.10 Å². The minimum absolute atomic E-state index is 0.0593. The van der Waals surface area contributed by atoms with E-state index in [1.54, 1.807) is 0 Å². The lowest BCUT2D eigenvalue weighted by Crippen LogP contribution is -2.37. The summed E-state index contributed by atoms with van der Waals surface area (Å²) in [4.78, 5) is 2.46. The molecule has 2 N–H and O–H groups in total. The second-order valence-electron chi connectivity index (χ2n) is 5.59. The molecule has 0 spiro atoms. The lowest BCUT2D eigenvalue weighted by Gasteiger charge is -2.29. The van der Waals surface area contributed by atoms with Crippen LogP contribution >= 0.6 is 0 Å². The van der Waals surface area contributed by atoms with Gasteiger partial charge in [-0.15, -0.1) is 0 Å². The van der Waals surface area contributed by atoms with Crippen molar-refractivity contribution in [1.82, 2.24) is 10.2 Å². The zero-order chi connectivity index (χ0) is 13.5. The van der Waals surface area contributed by atoms with E-state index in [4.69, 9.17) is 0 Å². The van der Waals surface area contributed by atoms with E-state index in [1.165, 1.54) is 17.5 Å². The van der Waals surface area contributed by atoms with E-state index in [0.717, 1.165) is 45.6 Å². The van der Waals surface area contributed by atoms with Gasteiger partial charge in [0.1, 0.15) is 0 Å². The third-order valence-corrected chi connectivity index (χ3v) is 3.83. The Kier molecular flexibility index (Phi) is 5.83. The summed E-state index contributed by atoms with van der Waals surface area (Å²) in [6.07, 6.45) is 3.01. The van der Waals surface area contributed by atoms with Gasteiger partial charge in [0.15, 0.2) is 0 Å². The maximum absolute atomic E-state index is 9.44. The Morgan fingerprint density at radius 2 is 1.89 bits per heavy atom. The average Bonchev–Trinajstić information content (AvgIpc) is 2.43. The standard InChI is InChI=1S/C16H26N2O/c1-14-3-5-15(6-4-14)13-17-9-2-10-18-11-7-16(19)8-12-18/h3-6,16-17,19H,2,7-13H2,1H3. The van der Waals surface area contributed by atoms with E-state index in [0.29, 0.717) is 0 Å². The number of hydrogen-bond acceptors (Lipinski definition) is 3. The van der Waals surface area contributed by atoms with Crippen molar-refractivity contribution in [3.8, 4) is 0 Å². The van der Waals surface area contributed by atoms with Gasteiger partial charge in [-0.2, -0.15) is 0 Å². The fraction of sp³-hybridized carbons (Fsp3) is 0.625. The van der Waals surface area contributed by atoms with Crippen LogP contribution in [0.1, 0.15) is 30.4 Å². The number of benzene rings is 1. The number of aryl methyl sites for hydroxylation is 1. The first-order chi connectivity index (χ1) is 9.24. The minimum atomic E-state index is -0.0593. The molecule has 1 saturated heterocycles. The van der Waals surface area contributed by atoms with Gasteiger partial charge >= 0.3 is 0 Å². The second kappa shape index (κ2) is 7.63. The van der Waals surface area contributed by atoms with Gasteiger partial charge in [0.2, 0.25) is 0 Å². The van der Waals surface area contributed by atoms with Gasteiger partial charge in [-0.3, -0.25) is 0 Å². The fourth-order valence-electron chi connectivity index (χ4n) is 2.51. The van der Waals surface area contributed by atoms with E-state index >= 15 is 0 Å². The zero-order valence-corrected chi connectivity index (χ0v) is 11.9. The highest BCUT2D eigenvalue weighted by Crippen LogP contribution is 2.09. The summed E-state index contributed by atoms with van der Waals surface area (Å²) in [6, 6.07) is 8.70.